The number of rotatable bonds is 5. The van der Waals surface area contributed by atoms with E-state index in [4.69, 9.17) is 0 Å². The number of aliphatic carboxylic acids is 1. The van der Waals surface area contributed by atoms with Crippen molar-refractivity contribution in [3.8, 4) is 0 Å². The normalized spacial score (nSPS) is 32.7. The summed E-state index contributed by atoms with van der Waals surface area (Å²) >= 11 is 0. The van der Waals surface area contributed by atoms with E-state index in [0.29, 0.717) is 12.2 Å². The largest absolute Gasteiger partial charge is 0.481 e. The summed E-state index contributed by atoms with van der Waals surface area (Å²) in [5, 5.41) is 9.60. The molecular weight excluding hydrogens is 631 g/mol. The highest BCUT2D eigenvalue weighted by Crippen LogP contribution is 2.64. The summed E-state index contributed by atoms with van der Waals surface area (Å²) in [5.41, 5.74) is -9.90. The van der Waals surface area contributed by atoms with E-state index in [1.165, 1.54) is 36.1 Å². The van der Waals surface area contributed by atoms with Crippen LogP contribution in [0.1, 0.15) is 65.2 Å². The van der Waals surface area contributed by atoms with Crippen molar-refractivity contribution in [2.45, 2.75) is 98.9 Å². The van der Waals surface area contributed by atoms with Crippen LogP contribution in [0.25, 0.3) is 0 Å². The predicted molar refractivity (Wildman–Crippen MR) is 148 cm³/mol. The van der Waals surface area contributed by atoms with Crippen molar-refractivity contribution in [3.05, 3.63) is 53.6 Å². The van der Waals surface area contributed by atoms with Gasteiger partial charge in [-0.3, -0.25) is 9.59 Å². The second-order valence-corrected chi connectivity index (χ2v) is 15.4. The van der Waals surface area contributed by atoms with Crippen LogP contribution in [-0.2, 0) is 19.4 Å². The van der Waals surface area contributed by atoms with Crippen LogP contribution in [0.2, 0.25) is 0 Å². The molecule has 0 aromatic heterocycles. The molecule has 3 aliphatic carbocycles. The van der Waals surface area contributed by atoms with Crippen LogP contribution in [0, 0.1) is 16.7 Å². The Morgan fingerprint density at radius 3 is 2.02 bits per heavy atom. The topological polar surface area (TPSA) is 91.8 Å². The van der Waals surface area contributed by atoms with Gasteiger partial charge in [-0.15, -0.1) is 0 Å². The maximum atomic E-state index is 15.1. The second-order valence-electron chi connectivity index (χ2n) is 13.2. The molecular formula is C31H34F7NO5S. The summed E-state index contributed by atoms with van der Waals surface area (Å²) in [6, 6.07) is 6.30. The average molecular weight is 666 g/mol. The second kappa shape index (κ2) is 10.6. The zero-order valence-corrected chi connectivity index (χ0v) is 25.5. The minimum absolute atomic E-state index is 0.0279. The third kappa shape index (κ3) is 4.66. The Kier molecular flexibility index (Phi) is 7.85. The number of benzene rings is 1. The molecule has 3 atom stereocenters. The lowest BCUT2D eigenvalue weighted by Gasteiger charge is -2.56. The van der Waals surface area contributed by atoms with Gasteiger partial charge in [0.15, 0.2) is 9.84 Å². The Balaban J connectivity index is 1.59. The molecule has 1 aliphatic heterocycles. The smallest absolute Gasteiger partial charge is 0.435 e. The summed E-state index contributed by atoms with van der Waals surface area (Å²) in [4.78, 5) is 27.1. The number of amides is 1. The fraction of sp³-hybridized carbons (Fsp3) is 0.613. The molecule has 0 spiro atoms. The van der Waals surface area contributed by atoms with E-state index in [9.17, 15) is 49.5 Å². The number of alkyl halides is 7. The summed E-state index contributed by atoms with van der Waals surface area (Å²) in [5.74, 6) is -1.89. The van der Waals surface area contributed by atoms with E-state index in [0.717, 1.165) is 0 Å². The van der Waals surface area contributed by atoms with Gasteiger partial charge in [-0.2, -0.15) is 26.3 Å². The fourth-order valence-electron chi connectivity index (χ4n) is 8.19. The Morgan fingerprint density at radius 1 is 0.911 bits per heavy atom. The zero-order valence-electron chi connectivity index (χ0n) is 24.6. The molecule has 45 heavy (non-hydrogen) atoms. The molecule has 4 aliphatic rings. The zero-order chi connectivity index (χ0) is 33.4. The van der Waals surface area contributed by atoms with E-state index in [1.54, 1.807) is 13.0 Å². The maximum Gasteiger partial charge on any atom is 0.435 e. The third-order valence-corrected chi connectivity index (χ3v) is 13.8. The number of likely N-dealkylation sites (tertiary alicyclic amines) is 1. The molecule has 1 amide bonds. The molecule has 1 saturated heterocycles. The standard InChI is InChI=1S/C31H34F7NO5S/c1-26(25(41)42)13-10-19(11-14-26)24(40)39-17-16-28(45(43,44)22-6-4-3-5-7-22)23(39)9-8-20-18-21(12-15-27(20,28)2)29(32,30(33,34)35)31(36,37)38/h3-7,12,18-19,23H,8-11,13-17H2,1-2H3,(H,41,42)/t19-,23-,26-,27?,28+/m0/s1. The highest BCUT2D eigenvalue weighted by Gasteiger charge is 2.75. The number of hydrogen-bond donors (Lipinski definition) is 1. The van der Waals surface area contributed by atoms with Crippen LogP contribution in [0.4, 0.5) is 30.7 Å². The lowest BCUT2D eigenvalue weighted by atomic mass is 9.57. The van der Waals surface area contributed by atoms with Crippen molar-refractivity contribution < 1.29 is 53.8 Å². The van der Waals surface area contributed by atoms with Gasteiger partial charge < -0.3 is 10.0 Å². The highest BCUT2D eigenvalue weighted by molar-refractivity contribution is 7.93. The molecule has 1 aromatic carbocycles. The first-order valence-electron chi connectivity index (χ1n) is 14.7. The summed E-state index contributed by atoms with van der Waals surface area (Å²) in [7, 11) is -4.41. The number of fused-ring (bicyclic) bond motifs is 3. The lowest BCUT2D eigenvalue weighted by Crippen LogP contribution is -2.64. The minimum atomic E-state index is -6.32. The molecule has 14 heteroatoms. The molecule has 5 rings (SSSR count). The first-order valence-corrected chi connectivity index (χ1v) is 16.2. The van der Waals surface area contributed by atoms with E-state index in [1.807, 2.05) is 0 Å². The van der Waals surface area contributed by atoms with Gasteiger partial charge >= 0.3 is 24.0 Å². The molecule has 1 heterocycles. The van der Waals surface area contributed by atoms with Crippen molar-refractivity contribution in [3.63, 3.8) is 0 Å². The number of carboxylic acids is 1. The van der Waals surface area contributed by atoms with Gasteiger partial charge in [0.1, 0.15) is 4.75 Å². The third-order valence-electron chi connectivity index (χ3n) is 11.0. The monoisotopic (exact) mass is 665 g/mol. The van der Waals surface area contributed by atoms with Crippen LogP contribution < -0.4 is 0 Å². The molecule has 0 bridgehead atoms. The van der Waals surface area contributed by atoms with Crippen LogP contribution in [0.15, 0.2) is 58.5 Å². The Labute approximate surface area is 256 Å². The SMILES string of the molecule is CC12CC=C(C(F)(C(F)(F)F)C(F)(F)F)C=C1CC[C@@H]1N(C(=O)[C@H]3CC[C@](C)(C(=O)O)CC3)CC[C@@]12S(=O)(=O)c1ccccc1. The summed E-state index contributed by atoms with van der Waals surface area (Å²) in [6.07, 6.45) is -11.6. The number of halogens is 7. The Hall–Kier alpha value is -2.90. The van der Waals surface area contributed by atoms with Crippen LogP contribution in [-0.4, -0.2) is 65.7 Å². The number of carbonyl (C=O) groups excluding carboxylic acids is 1. The minimum Gasteiger partial charge on any atom is -0.481 e. The van der Waals surface area contributed by atoms with Gasteiger partial charge in [0, 0.05) is 23.5 Å². The van der Waals surface area contributed by atoms with Crippen molar-refractivity contribution >= 4 is 21.7 Å². The number of hydrogen-bond acceptors (Lipinski definition) is 4. The summed E-state index contributed by atoms with van der Waals surface area (Å²) < 4.78 is 125. The van der Waals surface area contributed by atoms with Gasteiger partial charge in [0.05, 0.1) is 16.4 Å². The number of carbonyl (C=O) groups is 2. The number of allylic oxidation sites excluding steroid dienone is 4. The van der Waals surface area contributed by atoms with Gasteiger partial charge in [-0.25, -0.2) is 12.8 Å². The summed E-state index contributed by atoms with van der Waals surface area (Å²) in [6.45, 7) is 3.04. The quantitative estimate of drug-likeness (QED) is 0.343. The molecule has 248 valence electrons. The fourth-order valence-corrected chi connectivity index (χ4v) is 10.9. The van der Waals surface area contributed by atoms with E-state index < -0.39 is 73.4 Å². The van der Waals surface area contributed by atoms with E-state index >= 15 is 4.39 Å². The lowest BCUT2D eigenvalue weighted by molar-refractivity contribution is -0.325. The number of sulfone groups is 1. The van der Waals surface area contributed by atoms with E-state index in [-0.39, 0.29) is 67.9 Å². The first-order chi connectivity index (χ1) is 20.7. The predicted octanol–water partition coefficient (Wildman–Crippen LogP) is 6.97. The molecule has 1 unspecified atom stereocenters. The van der Waals surface area contributed by atoms with Gasteiger partial charge in [-0.1, -0.05) is 42.8 Å². The number of carboxylic acid groups (broad SMARTS) is 1. The molecule has 6 nitrogen and oxygen atoms in total. The van der Waals surface area contributed by atoms with Crippen LogP contribution in [0.3, 0.4) is 0 Å². The Bertz CT molecular complexity index is 1530. The first kappa shape index (κ1) is 33.5. The molecule has 1 aromatic rings. The van der Waals surface area contributed by atoms with E-state index in [2.05, 4.69) is 0 Å². The molecule has 2 saturated carbocycles. The van der Waals surface area contributed by atoms with Gasteiger partial charge in [-0.05, 0) is 70.4 Å². The van der Waals surface area contributed by atoms with Gasteiger partial charge in [0.2, 0.25) is 5.91 Å². The van der Waals surface area contributed by atoms with Crippen molar-refractivity contribution in [1.29, 1.82) is 0 Å². The maximum absolute atomic E-state index is 15.1. The average Bonchev–Trinajstić information content (AvgIpc) is 3.38. The molecule has 1 N–H and O–H groups in total. The Morgan fingerprint density at radius 2 is 1.49 bits per heavy atom. The molecule has 0 radical (unpaired) electrons. The molecule has 3 fully saturated rings. The van der Waals surface area contributed by atoms with Crippen molar-refractivity contribution in [2.75, 3.05) is 6.54 Å². The van der Waals surface area contributed by atoms with Crippen LogP contribution >= 0.6 is 0 Å². The highest BCUT2D eigenvalue weighted by atomic mass is 32.2. The van der Waals surface area contributed by atoms with Gasteiger partial charge in [0.25, 0.3) is 0 Å². The number of nitrogens with zero attached hydrogens (tertiary/aromatic N) is 1. The van der Waals surface area contributed by atoms with Crippen molar-refractivity contribution in [2.24, 2.45) is 16.7 Å². The van der Waals surface area contributed by atoms with Crippen molar-refractivity contribution in [1.82, 2.24) is 4.90 Å². The van der Waals surface area contributed by atoms with Crippen LogP contribution in [0.5, 0.6) is 0 Å².